The predicted octanol–water partition coefficient (Wildman–Crippen LogP) is 5.93. The topological polar surface area (TPSA) is 61.6 Å². The van der Waals surface area contributed by atoms with E-state index in [4.69, 9.17) is 28.9 Å². The summed E-state index contributed by atoms with van der Waals surface area (Å²) in [7, 11) is 3.25. The lowest BCUT2D eigenvalue weighted by molar-refractivity contribution is 0.327. The van der Waals surface area contributed by atoms with E-state index in [9.17, 15) is 0 Å². The zero-order valence-electron chi connectivity index (χ0n) is 18.9. The van der Waals surface area contributed by atoms with Gasteiger partial charge in [-0.25, -0.2) is 9.98 Å². The largest absolute Gasteiger partial charge is 0.494 e. The van der Waals surface area contributed by atoms with Crippen molar-refractivity contribution in [3.63, 3.8) is 0 Å². The molecular weight excluding hydrogens is 404 g/mol. The average Bonchev–Trinajstić information content (AvgIpc) is 2.84. The minimum atomic E-state index is 0.478. The van der Waals surface area contributed by atoms with Gasteiger partial charge < -0.3 is 18.9 Å². The van der Waals surface area contributed by atoms with E-state index in [0.29, 0.717) is 47.9 Å². The lowest BCUT2D eigenvalue weighted by Gasteiger charge is -2.13. The summed E-state index contributed by atoms with van der Waals surface area (Å²) in [4.78, 5) is 9.43. The fourth-order valence-corrected chi connectivity index (χ4v) is 3.08. The first kappa shape index (κ1) is 22.9. The number of aliphatic imine (C=N–C) groups is 2. The second-order valence-electron chi connectivity index (χ2n) is 6.62. The van der Waals surface area contributed by atoms with Crippen LogP contribution >= 0.6 is 0 Å². The first-order valence-corrected chi connectivity index (χ1v) is 10.5. The second-order valence-corrected chi connectivity index (χ2v) is 6.62. The molecule has 0 N–H and O–H groups in total. The Morgan fingerprint density at radius 2 is 1.06 bits per heavy atom. The summed E-state index contributed by atoms with van der Waals surface area (Å²) in [5, 5.41) is 0. The van der Waals surface area contributed by atoms with Gasteiger partial charge in [0.05, 0.1) is 27.4 Å². The maximum atomic E-state index is 5.87. The Bertz CT molecular complexity index is 1010. The molecule has 6 heteroatoms. The van der Waals surface area contributed by atoms with Crippen molar-refractivity contribution in [2.24, 2.45) is 9.98 Å². The van der Waals surface area contributed by atoms with Gasteiger partial charge in [-0.2, -0.15) is 0 Å². The monoisotopic (exact) mass is 432 g/mol. The quantitative estimate of drug-likeness (QED) is 0.327. The molecule has 0 bridgehead atoms. The van der Waals surface area contributed by atoms with Gasteiger partial charge in [0, 0.05) is 11.1 Å². The number of hydrogen-bond donors (Lipinski definition) is 0. The van der Waals surface area contributed by atoms with Crippen molar-refractivity contribution in [3.8, 4) is 11.5 Å². The predicted molar refractivity (Wildman–Crippen MR) is 128 cm³/mol. The highest BCUT2D eigenvalue weighted by atomic mass is 16.5. The van der Waals surface area contributed by atoms with E-state index in [1.54, 1.807) is 14.2 Å². The first-order valence-electron chi connectivity index (χ1n) is 10.5. The third kappa shape index (κ3) is 5.66. The van der Waals surface area contributed by atoms with Crippen LogP contribution in [-0.2, 0) is 9.47 Å². The average molecular weight is 433 g/mol. The van der Waals surface area contributed by atoms with Crippen molar-refractivity contribution in [1.29, 1.82) is 0 Å². The Kier molecular flexibility index (Phi) is 8.26. The molecular formula is C26H28N2O4. The van der Waals surface area contributed by atoms with Crippen molar-refractivity contribution >= 4 is 23.2 Å². The minimum Gasteiger partial charge on any atom is -0.494 e. The van der Waals surface area contributed by atoms with E-state index in [0.717, 1.165) is 11.1 Å². The van der Waals surface area contributed by atoms with E-state index < -0.39 is 0 Å². The van der Waals surface area contributed by atoms with Gasteiger partial charge in [-0.3, -0.25) is 0 Å². The van der Waals surface area contributed by atoms with E-state index in [-0.39, 0.29) is 0 Å². The molecule has 0 amide bonds. The third-order valence-corrected chi connectivity index (χ3v) is 4.53. The highest BCUT2D eigenvalue weighted by Crippen LogP contribution is 2.29. The molecule has 0 spiro atoms. The smallest absolute Gasteiger partial charge is 0.221 e. The van der Waals surface area contributed by atoms with Crippen LogP contribution in [0.2, 0.25) is 0 Å². The zero-order chi connectivity index (χ0) is 22.8. The van der Waals surface area contributed by atoms with Crippen molar-refractivity contribution in [1.82, 2.24) is 0 Å². The molecule has 0 heterocycles. The molecule has 32 heavy (non-hydrogen) atoms. The van der Waals surface area contributed by atoms with Crippen LogP contribution in [0.4, 0.5) is 11.4 Å². The van der Waals surface area contributed by atoms with E-state index in [2.05, 4.69) is 0 Å². The summed E-state index contributed by atoms with van der Waals surface area (Å²) in [6, 6.07) is 22.9. The maximum absolute atomic E-state index is 5.87. The summed E-state index contributed by atoms with van der Waals surface area (Å²) in [6.07, 6.45) is 0. The lowest BCUT2D eigenvalue weighted by atomic mass is 10.1. The first-order chi connectivity index (χ1) is 15.7. The van der Waals surface area contributed by atoms with Gasteiger partial charge in [0.2, 0.25) is 11.8 Å². The highest BCUT2D eigenvalue weighted by molar-refractivity contribution is 6.01. The number of para-hydroxylation sites is 4. The number of ether oxygens (including phenoxy) is 4. The molecule has 0 aliphatic heterocycles. The zero-order valence-corrected chi connectivity index (χ0v) is 18.9. The molecule has 0 aliphatic rings. The summed E-state index contributed by atoms with van der Waals surface area (Å²) < 4.78 is 22.6. The van der Waals surface area contributed by atoms with E-state index in [1.165, 1.54) is 0 Å². The molecule has 0 unspecified atom stereocenters. The molecule has 0 radical (unpaired) electrons. The van der Waals surface area contributed by atoms with Gasteiger partial charge in [-0.05, 0) is 56.3 Å². The lowest BCUT2D eigenvalue weighted by Crippen LogP contribution is -2.11. The van der Waals surface area contributed by atoms with Gasteiger partial charge in [0.1, 0.15) is 22.9 Å². The number of hydrogen-bond acceptors (Lipinski definition) is 6. The van der Waals surface area contributed by atoms with E-state index >= 15 is 0 Å². The van der Waals surface area contributed by atoms with Gasteiger partial charge in [0.15, 0.2) is 0 Å². The van der Waals surface area contributed by atoms with Crippen LogP contribution in [0.25, 0.3) is 0 Å². The second kappa shape index (κ2) is 11.6. The Hall–Kier alpha value is -3.80. The molecule has 0 saturated carbocycles. The Morgan fingerprint density at radius 1 is 0.625 bits per heavy atom. The van der Waals surface area contributed by atoms with E-state index in [1.807, 2.05) is 86.6 Å². The molecule has 3 aromatic rings. The highest BCUT2D eigenvalue weighted by Gasteiger charge is 2.13. The van der Waals surface area contributed by atoms with Crippen molar-refractivity contribution in [3.05, 3.63) is 83.9 Å². The van der Waals surface area contributed by atoms with Crippen molar-refractivity contribution in [2.75, 3.05) is 27.4 Å². The van der Waals surface area contributed by atoms with Crippen LogP contribution in [0.5, 0.6) is 11.5 Å². The Morgan fingerprint density at radius 3 is 1.47 bits per heavy atom. The number of nitrogens with zero attached hydrogens (tertiary/aromatic N) is 2. The molecule has 6 nitrogen and oxygen atoms in total. The molecule has 0 fully saturated rings. The van der Waals surface area contributed by atoms with Crippen LogP contribution in [-0.4, -0.2) is 39.2 Å². The van der Waals surface area contributed by atoms with Crippen LogP contribution in [0.15, 0.2) is 82.8 Å². The molecule has 0 aliphatic carbocycles. The number of methoxy groups -OCH3 is 2. The normalized spacial score (nSPS) is 11.8. The molecule has 3 rings (SSSR count). The summed E-state index contributed by atoms with van der Waals surface area (Å²) >= 11 is 0. The minimum absolute atomic E-state index is 0.478. The summed E-state index contributed by atoms with van der Waals surface area (Å²) in [5.74, 6) is 2.33. The molecule has 3 aromatic carbocycles. The van der Waals surface area contributed by atoms with Crippen LogP contribution in [0.1, 0.15) is 25.0 Å². The number of rotatable bonds is 8. The number of benzene rings is 3. The Labute approximate surface area is 189 Å². The van der Waals surface area contributed by atoms with Gasteiger partial charge in [-0.1, -0.05) is 30.3 Å². The van der Waals surface area contributed by atoms with Crippen molar-refractivity contribution in [2.45, 2.75) is 13.8 Å². The third-order valence-electron chi connectivity index (χ3n) is 4.53. The summed E-state index contributed by atoms with van der Waals surface area (Å²) in [5.41, 5.74) is 3.00. The van der Waals surface area contributed by atoms with Crippen LogP contribution in [0, 0.1) is 0 Å². The SMILES string of the molecule is CCO/C(=N\c1ccccc1OC)c1cccc(/C(=N/c2ccccc2OC)OCC)c1. The fraction of sp³-hybridized carbons (Fsp3) is 0.231. The molecule has 0 atom stereocenters. The maximum Gasteiger partial charge on any atom is 0.221 e. The van der Waals surface area contributed by atoms with Gasteiger partial charge >= 0.3 is 0 Å². The molecule has 166 valence electrons. The Balaban J connectivity index is 2.05. The fourth-order valence-electron chi connectivity index (χ4n) is 3.08. The van der Waals surface area contributed by atoms with Gasteiger partial charge in [-0.15, -0.1) is 0 Å². The van der Waals surface area contributed by atoms with Gasteiger partial charge in [0.25, 0.3) is 0 Å². The van der Waals surface area contributed by atoms with Crippen LogP contribution in [0.3, 0.4) is 0 Å². The molecule has 0 aromatic heterocycles. The summed E-state index contributed by atoms with van der Waals surface area (Å²) in [6.45, 7) is 4.81. The van der Waals surface area contributed by atoms with Crippen molar-refractivity contribution < 1.29 is 18.9 Å². The van der Waals surface area contributed by atoms with Crippen LogP contribution < -0.4 is 9.47 Å². The molecule has 0 saturated heterocycles. The standard InChI is InChI=1S/C26H28N2O4/c1-5-31-25(27-21-14-7-9-16-23(21)29-3)19-12-11-13-20(18-19)26(32-6-2)28-22-15-8-10-17-24(22)30-4/h7-18H,5-6H2,1-4H3/b27-25-,28-26-.